The minimum absolute atomic E-state index is 0.00866. The standard InChI is InChI=1S/C14H17Cl2NO4S/c1-9(21-11-3-4-12(15)13(16)7-11)14(18)17(2)10-5-6-22(19,20)8-10/h3-4,7,9-10H,5-6,8H2,1-2H3. The summed E-state index contributed by atoms with van der Waals surface area (Å²) in [6.07, 6.45) is -0.282. The molecule has 0 aromatic heterocycles. The Kier molecular flexibility index (Phi) is 5.25. The minimum Gasteiger partial charge on any atom is -0.481 e. The molecule has 22 heavy (non-hydrogen) atoms. The maximum atomic E-state index is 12.3. The molecule has 122 valence electrons. The summed E-state index contributed by atoms with van der Waals surface area (Å²) in [5.41, 5.74) is 0. The van der Waals surface area contributed by atoms with Crippen LogP contribution in [-0.4, -0.2) is 49.9 Å². The molecule has 8 heteroatoms. The average molecular weight is 366 g/mol. The van der Waals surface area contributed by atoms with Crippen LogP contribution in [0.5, 0.6) is 5.75 Å². The van der Waals surface area contributed by atoms with E-state index in [1.54, 1.807) is 26.1 Å². The number of benzene rings is 1. The van der Waals surface area contributed by atoms with Crippen LogP contribution in [-0.2, 0) is 14.6 Å². The summed E-state index contributed by atoms with van der Waals surface area (Å²) in [5, 5.41) is 0.746. The van der Waals surface area contributed by atoms with E-state index in [-0.39, 0.29) is 23.5 Å². The highest BCUT2D eigenvalue weighted by Crippen LogP contribution is 2.27. The van der Waals surface area contributed by atoms with E-state index in [1.807, 2.05) is 0 Å². The number of sulfone groups is 1. The normalized spacial score (nSPS) is 21.4. The van der Waals surface area contributed by atoms with Crippen LogP contribution in [0.3, 0.4) is 0 Å². The Bertz CT molecular complexity index is 677. The van der Waals surface area contributed by atoms with Crippen LogP contribution in [0.15, 0.2) is 18.2 Å². The van der Waals surface area contributed by atoms with Crippen LogP contribution < -0.4 is 4.74 Å². The van der Waals surface area contributed by atoms with E-state index in [4.69, 9.17) is 27.9 Å². The molecule has 1 aromatic carbocycles. The number of ether oxygens (including phenoxy) is 1. The average Bonchev–Trinajstić information content (AvgIpc) is 2.81. The van der Waals surface area contributed by atoms with Gasteiger partial charge in [-0.1, -0.05) is 23.2 Å². The molecule has 2 rings (SSSR count). The first-order valence-electron chi connectivity index (χ1n) is 6.78. The summed E-state index contributed by atoms with van der Waals surface area (Å²) in [7, 11) is -1.44. The van der Waals surface area contributed by atoms with Gasteiger partial charge in [0.2, 0.25) is 0 Å². The number of halogens is 2. The lowest BCUT2D eigenvalue weighted by Gasteiger charge is -2.26. The Hall–Kier alpha value is -0.980. The summed E-state index contributed by atoms with van der Waals surface area (Å²) in [6.45, 7) is 1.62. The summed E-state index contributed by atoms with van der Waals surface area (Å²) in [4.78, 5) is 13.8. The van der Waals surface area contributed by atoms with Gasteiger partial charge >= 0.3 is 0 Å². The third-order valence-electron chi connectivity index (χ3n) is 3.66. The Morgan fingerprint density at radius 1 is 1.36 bits per heavy atom. The number of carbonyl (C=O) groups excluding carboxylic acids is 1. The second kappa shape index (κ2) is 6.64. The lowest BCUT2D eigenvalue weighted by Crippen LogP contribution is -2.44. The van der Waals surface area contributed by atoms with Crippen molar-refractivity contribution < 1.29 is 17.9 Å². The maximum Gasteiger partial charge on any atom is 0.263 e. The van der Waals surface area contributed by atoms with Gasteiger partial charge in [0.05, 0.1) is 21.6 Å². The van der Waals surface area contributed by atoms with Crippen LogP contribution in [0, 0.1) is 0 Å². The predicted octanol–water partition coefficient (Wildman–Crippen LogP) is 2.41. The second-order valence-electron chi connectivity index (χ2n) is 5.34. The molecule has 0 aliphatic carbocycles. The van der Waals surface area contributed by atoms with Crippen molar-refractivity contribution >= 4 is 38.9 Å². The molecule has 1 fully saturated rings. The van der Waals surface area contributed by atoms with E-state index in [0.717, 1.165) is 0 Å². The fourth-order valence-corrected chi connectivity index (χ4v) is 4.41. The van der Waals surface area contributed by atoms with E-state index >= 15 is 0 Å². The van der Waals surface area contributed by atoms with Crippen molar-refractivity contribution in [3.63, 3.8) is 0 Å². The topological polar surface area (TPSA) is 63.7 Å². The molecule has 1 aliphatic heterocycles. The molecule has 1 aromatic rings. The molecule has 1 amide bonds. The van der Waals surface area contributed by atoms with Crippen molar-refractivity contribution in [1.29, 1.82) is 0 Å². The van der Waals surface area contributed by atoms with Gasteiger partial charge in [-0.25, -0.2) is 8.42 Å². The Morgan fingerprint density at radius 2 is 2.05 bits per heavy atom. The predicted molar refractivity (Wildman–Crippen MR) is 86.4 cm³/mol. The summed E-state index contributed by atoms with van der Waals surface area (Å²) < 4.78 is 28.6. The van der Waals surface area contributed by atoms with Gasteiger partial charge in [0, 0.05) is 19.2 Å². The van der Waals surface area contributed by atoms with Crippen molar-refractivity contribution in [3.8, 4) is 5.75 Å². The van der Waals surface area contributed by atoms with Crippen LogP contribution in [0.25, 0.3) is 0 Å². The highest BCUT2D eigenvalue weighted by atomic mass is 35.5. The molecule has 5 nitrogen and oxygen atoms in total. The largest absolute Gasteiger partial charge is 0.481 e. The van der Waals surface area contributed by atoms with Crippen molar-refractivity contribution in [1.82, 2.24) is 4.90 Å². The van der Waals surface area contributed by atoms with Crippen molar-refractivity contribution in [2.75, 3.05) is 18.6 Å². The van der Waals surface area contributed by atoms with Crippen molar-refractivity contribution in [2.45, 2.75) is 25.5 Å². The molecule has 0 saturated carbocycles. The molecule has 2 atom stereocenters. The zero-order valence-electron chi connectivity index (χ0n) is 12.3. The number of carbonyl (C=O) groups is 1. The van der Waals surface area contributed by atoms with E-state index in [1.165, 1.54) is 11.0 Å². The molecule has 0 spiro atoms. The highest BCUT2D eigenvalue weighted by Gasteiger charge is 2.34. The second-order valence-corrected chi connectivity index (χ2v) is 8.39. The lowest BCUT2D eigenvalue weighted by molar-refractivity contribution is -0.138. The van der Waals surface area contributed by atoms with Crippen LogP contribution in [0.2, 0.25) is 10.0 Å². The fraction of sp³-hybridized carbons (Fsp3) is 0.500. The van der Waals surface area contributed by atoms with E-state index < -0.39 is 15.9 Å². The quantitative estimate of drug-likeness (QED) is 0.821. The van der Waals surface area contributed by atoms with E-state index in [0.29, 0.717) is 22.2 Å². The molecular weight excluding hydrogens is 349 g/mol. The number of hydrogen-bond donors (Lipinski definition) is 0. The van der Waals surface area contributed by atoms with Gasteiger partial charge in [0.15, 0.2) is 15.9 Å². The smallest absolute Gasteiger partial charge is 0.263 e. The van der Waals surface area contributed by atoms with E-state index in [9.17, 15) is 13.2 Å². The van der Waals surface area contributed by atoms with Gasteiger partial charge in [0.1, 0.15) is 5.75 Å². The van der Waals surface area contributed by atoms with Gasteiger partial charge in [-0.3, -0.25) is 4.79 Å². The van der Waals surface area contributed by atoms with Gasteiger partial charge in [0.25, 0.3) is 5.91 Å². The Morgan fingerprint density at radius 3 is 2.59 bits per heavy atom. The number of nitrogens with zero attached hydrogens (tertiary/aromatic N) is 1. The monoisotopic (exact) mass is 365 g/mol. The summed E-state index contributed by atoms with van der Waals surface area (Å²) in [6, 6.07) is 4.45. The number of hydrogen-bond acceptors (Lipinski definition) is 4. The molecular formula is C14H17Cl2NO4S. The zero-order valence-corrected chi connectivity index (χ0v) is 14.6. The fourth-order valence-electron chi connectivity index (χ4n) is 2.35. The lowest BCUT2D eigenvalue weighted by atomic mass is 10.2. The maximum absolute atomic E-state index is 12.3. The van der Waals surface area contributed by atoms with Gasteiger partial charge < -0.3 is 9.64 Å². The van der Waals surface area contributed by atoms with Crippen LogP contribution in [0.1, 0.15) is 13.3 Å². The van der Waals surface area contributed by atoms with Crippen molar-refractivity contribution in [2.24, 2.45) is 0 Å². The van der Waals surface area contributed by atoms with Gasteiger partial charge in [-0.2, -0.15) is 0 Å². The number of rotatable bonds is 4. The van der Waals surface area contributed by atoms with Crippen LogP contribution in [0.4, 0.5) is 0 Å². The number of amides is 1. The summed E-state index contributed by atoms with van der Waals surface area (Å²) in [5.74, 6) is 0.294. The summed E-state index contributed by atoms with van der Waals surface area (Å²) >= 11 is 11.7. The van der Waals surface area contributed by atoms with E-state index in [2.05, 4.69) is 0 Å². The highest BCUT2D eigenvalue weighted by molar-refractivity contribution is 7.91. The first-order valence-corrected chi connectivity index (χ1v) is 9.36. The van der Waals surface area contributed by atoms with Gasteiger partial charge in [-0.05, 0) is 25.5 Å². The first-order chi connectivity index (χ1) is 10.2. The minimum atomic E-state index is -3.04. The Balaban J connectivity index is 2.01. The molecule has 0 bridgehead atoms. The van der Waals surface area contributed by atoms with Gasteiger partial charge in [-0.15, -0.1) is 0 Å². The molecule has 1 aliphatic rings. The molecule has 1 saturated heterocycles. The third-order valence-corrected chi connectivity index (χ3v) is 6.14. The zero-order chi connectivity index (χ0) is 16.5. The molecule has 1 heterocycles. The third kappa shape index (κ3) is 4.06. The first kappa shape index (κ1) is 17.4. The molecule has 0 N–H and O–H groups in total. The van der Waals surface area contributed by atoms with Crippen molar-refractivity contribution in [3.05, 3.63) is 28.2 Å². The SMILES string of the molecule is CC(Oc1ccc(Cl)c(Cl)c1)C(=O)N(C)C1CCS(=O)(=O)C1. The molecule has 2 unspecified atom stereocenters. The molecule has 0 radical (unpaired) electrons. The number of likely N-dealkylation sites (N-methyl/N-ethyl adjacent to an activating group) is 1. The Labute approximate surface area is 140 Å². The van der Waals surface area contributed by atoms with Crippen LogP contribution >= 0.6 is 23.2 Å².